The Balaban J connectivity index is 1.68. The Hall–Kier alpha value is -0.340. The number of benzene rings is 1. The van der Waals surface area contributed by atoms with E-state index in [9.17, 15) is 0 Å². The third-order valence-electron chi connectivity index (χ3n) is 5.36. The maximum Gasteiger partial charge on any atom is 0.0800 e. The second kappa shape index (κ2) is 6.19. The van der Waals surface area contributed by atoms with E-state index in [4.69, 9.17) is 4.74 Å². The van der Waals surface area contributed by atoms with E-state index in [2.05, 4.69) is 53.2 Å². The SMILES string of the molecule is CC(OC1CC(Br)C12CCCCCC2)c1ccccc1. The van der Waals surface area contributed by atoms with Gasteiger partial charge in [0, 0.05) is 10.2 Å². The van der Waals surface area contributed by atoms with Crippen LogP contribution in [0.4, 0.5) is 0 Å². The molecule has 0 amide bonds. The minimum atomic E-state index is 0.210. The first-order valence-corrected chi connectivity index (χ1v) is 8.98. The van der Waals surface area contributed by atoms with E-state index in [0.29, 0.717) is 16.3 Å². The quantitative estimate of drug-likeness (QED) is 0.649. The molecule has 0 N–H and O–H groups in total. The molecule has 2 heteroatoms. The van der Waals surface area contributed by atoms with E-state index in [1.54, 1.807) is 0 Å². The summed E-state index contributed by atoms with van der Waals surface area (Å²) in [7, 11) is 0. The molecule has 0 radical (unpaired) electrons. The number of hydrogen-bond donors (Lipinski definition) is 0. The fourth-order valence-electron chi connectivity index (χ4n) is 3.96. The highest BCUT2D eigenvalue weighted by molar-refractivity contribution is 9.09. The molecule has 0 heterocycles. The topological polar surface area (TPSA) is 9.23 Å². The second-order valence-electron chi connectivity index (χ2n) is 6.53. The molecular weight excluding hydrogens is 312 g/mol. The molecule has 3 atom stereocenters. The van der Waals surface area contributed by atoms with Crippen LogP contribution in [0.25, 0.3) is 0 Å². The maximum absolute atomic E-state index is 6.46. The molecule has 2 aliphatic rings. The van der Waals surface area contributed by atoms with E-state index in [1.165, 1.54) is 50.5 Å². The van der Waals surface area contributed by atoms with Crippen LogP contribution in [0.3, 0.4) is 0 Å². The predicted octanol–water partition coefficient (Wildman–Crippen LogP) is 5.64. The van der Waals surface area contributed by atoms with Gasteiger partial charge in [-0.15, -0.1) is 0 Å². The van der Waals surface area contributed by atoms with Gasteiger partial charge in [-0.3, -0.25) is 0 Å². The average Bonchev–Trinajstić information content (AvgIpc) is 2.76. The molecule has 110 valence electrons. The van der Waals surface area contributed by atoms with Gasteiger partial charge in [0.15, 0.2) is 0 Å². The lowest BCUT2D eigenvalue weighted by molar-refractivity contribution is -0.139. The summed E-state index contributed by atoms with van der Waals surface area (Å²) in [5.74, 6) is 0. The molecule has 1 nitrogen and oxygen atoms in total. The van der Waals surface area contributed by atoms with E-state index in [1.807, 2.05) is 0 Å². The summed E-state index contributed by atoms with van der Waals surface area (Å²) in [6, 6.07) is 10.6. The van der Waals surface area contributed by atoms with Crippen molar-refractivity contribution in [3.8, 4) is 0 Å². The summed E-state index contributed by atoms with van der Waals surface area (Å²) < 4.78 is 6.46. The minimum Gasteiger partial charge on any atom is -0.370 e. The highest BCUT2D eigenvalue weighted by Crippen LogP contribution is 2.56. The molecule has 2 aliphatic carbocycles. The van der Waals surface area contributed by atoms with Crippen molar-refractivity contribution in [2.24, 2.45) is 5.41 Å². The third kappa shape index (κ3) is 2.69. The van der Waals surface area contributed by atoms with Crippen LogP contribution in [-0.2, 0) is 4.74 Å². The number of alkyl halides is 1. The first kappa shape index (κ1) is 14.6. The van der Waals surface area contributed by atoms with Gasteiger partial charge in [0.1, 0.15) is 0 Å². The number of rotatable bonds is 3. The van der Waals surface area contributed by atoms with Gasteiger partial charge in [-0.1, -0.05) is 71.9 Å². The van der Waals surface area contributed by atoms with Crippen molar-refractivity contribution in [3.05, 3.63) is 35.9 Å². The zero-order chi connectivity index (χ0) is 14.0. The molecule has 0 aromatic heterocycles. The lowest BCUT2D eigenvalue weighted by Crippen LogP contribution is -2.55. The molecule has 1 aromatic rings. The smallest absolute Gasteiger partial charge is 0.0800 e. The fraction of sp³-hybridized carbons (Fsp3) is 0.667. The molecule has 1 spiro atoms. The highest BCUT2D eigenvalue weighted by Gasteiger charge is 2.54. The van der Waals surface area contributed by atoms with Crippen molar-refractivity contribution in [1.29, 1.82) is 0 Å². The molecule has 0 saturated heterocycles. The molecule has 3 rings (SSSR count). The Labute approximate surface area is 131 Å². The van der Waals surface area contributed by atoms with Crippen molar-refractivity contribution in [2.45, 2.75) is 68.9 Å². The van der Waals surface area contributed by atoms with Crippen LogP contribution in [0.15, 0.2) is 30.3 Å². The van der Waals surface area contributed by atoms with Crippen molar-refractivity contribution in [2.75, 3.05) is 0 Å². The lowest BCUT2D eigenvalue weighted by atomic mass is 9.61. The van der Waals surface area contributed by atoms with E-state index < -0.39 is 0 Å². The van der Waals surface area contributed by atoms with Gasteiger partial charge in [0.05, 0.1) is 12.2 Å². The van der Waals surface area contributed by atoms with Crippen molar-refractivity contribution in [3.63, 3.8) is 0 Å². The molecule has 20 heavy (non-hydrogen) atoms. The number of hydrogen-bond acceptors (Lipinski definition) is 1. The van der Waals surface area contributed by atoms with Crippen LogP contribution in [0.5, 0.6) is 0 Å². The maximum atomic E-state index is 6.46. The molecule has 0 aliphatic heterocycles. The molecule has 2 saturated carbocycles. The molecule has 0 bridgehead atoms. The zero-order valence-corrected chi connectivity index (χ0v) is 13.9. The van der Waals surface area contributed by atoms with Gasteiger partial charge in [0.2, 0.25) is 0 Å². The van der Waals surface area contributed by atoms with E-state index in [0.717, 1.165) is 0 Å². The minimum absolute atomic E-state index is 0.210. The van der Waals surface area contributed by atoms with Crippen LogP contribution in [0, 0.1) is 5.41 Å². The van der Waals surface area contributed by atoms with Crippen LogP contribution < -0.4 is 0 Å². The normalized spacial score (nSPS) is 30.5. The van der Waals surface area contributed by atoms with Crippen LogP contribution >= 0.6 is 15.9 Å². The lowest BCUT2D eigenvalue weighted by Gasteiger charge is -2.54. The van der Waals surface area contributed by atoms with Crippen LogP contribution in [0.2, 0.25) is 0 Å². The number of ether oxygens (including phenoxy) is 1. The van der Waals surface area contributed by atoms with Gasteiger partial charge >= 0.3 is 0 Å². The molecular formula is C18H25BrO. The van der Waals surface area contributed by atoms with Gasteiger partial charge in [0.25, 0.3) is 0 Å². The third-order valence-corrected chi connectivity index (χ3v) is 6.64. The fourth-order valence-corrected chi connectivity index (χ4v) is 5.05. The zero-order valence-electron chi connectivity index (χ0n) is 12.4. The Morgan fingerprint density at radius 2 is 1.75 bits per heavy atom. The van der Waals surface area contributed by atoms with Crippen molar-refractivity contribution >= 4 is 15.9 Å². The first-order chi connectivity index (χ1) is 9.72. The standard InChI is InChI=1S/C18H25BrO/c1-14(15-9-5-4-6-10-15)20-17-13-16(19)18(17)11-7-2-3-8-12-18/h4-6,9-10,14,16-17H,2-3,7-8,11-13H2,1H3. The predicted molar refractivity (Wildman–Crippen MR) is 87.2 cm³/mol. The summed E-state index contributed by atoms with van der Waals surface area (Å²) in [5, 5.41) is 0. The summed E-state index contributed by atoms with van der Waals surface area (Å²) in [6.07, 6.45) is 10.1. The molecule has 2 fully saturated rings. The van der Waals surface area contributed by atoms with Crippen molar-refractivity contribution in [1.82, 2.24) is 0 Å². The largest absolute Gasteiger partial charge is 0.370 e. The Morgan fingerprint density at radius 1 is 1.10 bits per heavy atom. The monoisotopic (exact) mass is 336 g/mol. The van der Waals surface area contributed by atoms with Gasteiger partial charge in [-0.2, -0.15) is 0 Å². The Morgan fingerprint density at radius 3 is 2.35 bits per heavy atom. The van der Waals surface area contributed by atoms with E-state index in [-0.39, 0.29) is 6.10 Å². The summed E-state index contributed by atoms with van der Waals surface area (Å²) in [6.45, 7) is 2.20. The van der Waals surface area contributed by atoms with E-state index >= 15 is 0 Å². The summed E-state index contributed by atoms with van der Waals surface area (Å²) in [4.78, 5) is 0.668. The van der Waals surface area contributed by atoms with Gasteiger partial charge < -0.3 is 4.74 Å². The molecule has 1 aromatic carbocycles. The van der Waals surface area contributed by atoms with Crippen LogP contribution in [0.1, 0.15) is 63.5 Å². The second-order valence-corrected chi connectivity index (χ2v) is 7.63. The molecule has 3 unspecified atom stereocenters. The Bertz CT molecular complexity index is 422. The van der Waals surface area contributed by atoms with Gasteiger partial charge in [-0.25, -0.2) is 0 Å². The van der Waals surface area contributed by atoms with Crippen LogP contribution in [-0.4, -0.2) is 10.9 Å². The first-order valence-electron chi connectivity index (χ1n) is 8.07. The summed E-state index contributed by atoms with van der Waals surface area (Å²) in [5.41, 5.74) is 1.72. The van der Waals surface area contributed by atoms with Crippen molar-refractivity contribution < 1.29 is 4.74 Å². The summed E-state index contributed by atoms with van der Waals surface area (Å²) >= 11 is 3.92. The highest BCUT2D eigenvalue weighted by atomic mass is 79.9. The number of halogens is 1. The Kier molecular flexibility index (Phi) is 4.52. The van der Waals surface area contributed by atoms with Gasteiger partial charge in [-0.05, 0) is 31.7 Å². The average molecular weight is 337 g/mol.